The van der Waals surface area contributed by atoms with Crippen molar-refractivity contribution in [2.45, 2.75) is 32.9 Å². The van der Waals surface area contributed by atoms with E-state index in [1.165, 1.54) is 12.0 Å². The summed E-state index contributed by atoms with van der Waals surface area (Å²) in [6.07, 6.45) is 2.96. The van der Waals surface area contributed by atoms with Crippen LogP contribution in [0.15, 0.2) is 16.7 Å². The van der Waals surface area contributed by atoms with E-state index in [9.17, 15) is 0 Å². The predicted molar refractivity (Wildman–Crippen MR) is 60.5 cm³/mol. The molecule has 15 heavy (non-hydrogen) atoms. The topological polar surface area (TPSA) is 42.4 Å². The average Bonchev–Trinajstić information content (AvgIpc) is 2.59. The molecule has 1 aliphatic rings. The quantitative estimate of drug-likeness (QED) is 0.805. The Morgan fingerprint density at radius 2 is 2.40 bits per heavy atom. The zero-order chi connectivity index (χ0) is 10.8. The maximum absolute atomic E-state index is 6.06. The summed E-state index contributed by atoms with van der Waals surface area (Å²) in [6, 6.07) is 2.33. The van der Waals surface area contributed by atoms with E-state index in [0.717, 1.165) is 25.4 Å². The second-order valence-corrected chi connectivity index (χ2v) is 4.69. The number of likely N-dealkylation sites (tertiary alicyclic amines) is 1. The van der Waals surface area contributed by atoms with Crippen molar-refractivity contribution in [1.82, 2.24) is 4.90 Å². The third-order valence-electron chi connectivity index (χ3n) is 3.44. The fourth-order valence-corrected chi connectivity index (χ4v) is 2.08. The first-order valence-corrected chi connectivity index (χ1v) is 5.67. The van der Waals surface area contributed by atoms with Crippen LogP contribution in [0.4, 0.5) is 0 Å². The van der Waals surface area contributed by atoms with E-state index in [-0.39, 0.29) is 0 Å². The molecule has 0 amide bonds. The molecule has 1 saturated heterocycles. The fraction of sp³-hybridized carbons (Fsp3) is 0.667. The highest BCUT2D eigenvalue weighted by Gasteiger charge is 2.23. The second kappa shape index (κ2) is 4.37. The summed E-state index contributed by atoms with van der Waals surface area (Å²) in [5.41, 5.74) is 7.30. The summed E-state index contributed by atoms with van der Waals surface area (Å²) >= 11 is 0. The third kappa shape index (κ3) is 2.41. The first kappa shape index (κ1) is 10.7. The summed E-state index contributed by atoms with van der Waals surface area (Å²) in [4.78, 5) is 2.39. The van der Waals surface area contributed by atoms with Gasteiger partial charge in [0.1, 0.15) is 5.76 Å². The van der Waals surface area contributed by atoms with Crippen LogP contribution in [-0.4, -0.2) is 24.0 Å². The Morgan fingerprint density at radius 1 is 1.60 bits per heavy atom. The molecule has 3 nitrogen and oxygen atoms in total. The lowest BCUT2D eigenvalue weighted by molar-refractivity contribution is 0.152. The van der Waals surface area contributed by atoms with E-state index in [0.29, 0.717) is 12.0 Å². The van der Waals surface area contributed by atoms with Gasteiger partial charge in [-0.25, -0.2) is 0 Å². The normalized spacial score (nSPS) is 28.2. The molecule has 0 radical (unpaired) electrons. The van der Waals surface area contributed by atoms with Gasteiger partial charge in [0.25, 0.3) is 0 Å². The molecule has 2 heterocycles. The predicted octanol–water partition coefficient (Wildman–Crippen LogP) is 1.76. The fourth-order valence-electron chi connectivity index (χ4n) is 2.08. The minimum Gasteiger partial charge on any atom is -0.468 e. The summed E-state index contributed by atoms with van der Waals surface area (Å²) in [5, 5.41) is 0. The number of aryl methyl sites for hydroxylation is 1. The van der Waals surface area contributed by atoms with Crippen molar-refractivity contribution in [3.05, 3.63) is 23.7 Å². The molecule has 1 aromatic rings. The van der Waals surface area contributed by atoms with E-state index in [1.807, 2.05) is 6.07 Å². The molecule has 0 spiro atoms. The summed E-state index contributed by atoms with van der Waals surface area (Å²) in [6.45, 7) is 7.35. The maximum Gasteiger partial charge on any atom is 0.120 e. The van der Waals surface area contributed by atoms with Gasteiger partial charge in [-0.1, -0.05) is 6.92 Å². The Kier molecular flexibility index (Phi) is 3.12. The first-order chi connectivity index (χ1) is 7.16. The Hall–Kier alpha value is -0.800. The monoisotopic (exact) mass is 208 g/mol. The second-order valence-electron chi connectivity index (χ2n) is 4.69. The van der Waals surface area contributed by atoms with Gasteiger partial charge >= 0.3 is 0 Å². The molecular weight excluding hydrogens is 188 g/mol. The first-order valence-electron chi connectivity index (χ1n) is 5.67. The number of furan rings is 1. The Morgan fingerprint density at radius 3 is 3.00 bits per heavy atom. The van der Waals surface area contributed by atoms with Crippen molar-refractivity contribution in [2.24, 2.45) is 11.7 Å². The largest absolute Gasteiger partial charge is 0.468 e. The van der Waals surface area contributed by atoms with E-state index in [1.54, 1.807) is 6.26 Å². The van der Waals surface area contributed by atoms with Crippen LogP contribution in [0.5, 0.6) is 0 Å². The van der Waals surface area contributed by atoms with E-state index >= 15 is 0 Å². The Balaban J connectivity index is 1.94. The molecule has 1 aliphatic heterocycles. The number of hydrogen-bond donors (Lipinski definition) is 1. The van der Waals surface area contributed by atoms with E-state index in [4.69, 9.17) is 10.2 Å². The molecule has 0 bridgehead atoms. The molecule has 2 atom stereocenters. The lowest BCUT2D eigenvalue weighted by Gasteiger charge is -2.34. The highest BCUT2D eigenvalue weighted by Crippen LogP contribution is 2.19. The van der Waals surface area contributed by atoms with E-state index in [2.05, 4.69) is 18.7 Å². The van der Waals surface area contributed by atoms with Gasteiger partial charge in [0, 0.05) is 12.6 Å². The van der Waals surface area contributed by atoms with Gasteiger partial charge in [-0.15, -0.1) is 0 Å². The van der Waals surface area contributed by atoms with Crippen LogP contribution in [-0.2, 0) is 6.54 Å². The van der Waals surface area contributed by atoms with Crippen LogP contribution < -0.4 is 5.73 Å². The minimum atomic E-state index is 0.314. The lowest BCUT2D eigenvalue weighted by atomic mass is 9.94. The van der Waals surface area contributed by atoms with Crippen LogP contribution >= 0.6 is 0 Å². The van der Waals surface area contributed by atoms with Crippen molar-refractivity contribution in [2.75, 3.05) is 13.1 Å². The van der Waals surface area contributed by atoms with Gasteiger partial charge in [-0.3, -0.25) is 4.90 Å². The molecular formula is C12H20N2O. The highest BCUT2D eigenvalue weighted by molar-refractivity contribution is 5.14. The molecule has 84 valence electrons. The number of hydrogen-bond acceptors (Lipinski definition) is 3. The molecule has 1 fully saturated rings. The van der Waals surface area contributed by atoms with Crippen LogP contribution in [0.25, 0.3) is 0 Å². The molecule has 0 saturated carbocycles. The molecule has 1 aromatic heterocycles. The number of piperidine rings is 1. The SMILES string of the molecule is Cc1ccoc1CN1CCC(C)C(N)C1. The van der Waals surface area contributed by atoms with Crippen LogP contribution in [0, 0.1) is 12.8 Å². The van der Waals surface area contributed by atoms with Crippen molar-refractivity contribution in [3.63, 3.8) is 0 Å². The molecule has 0 aliphatic carbocycles. The van der Waals surface area contributed by atoms with Gasteiger partial charge < -0.3 is 10.2 Å². The molecule has 3 heteroatoms. The molecule has 2 rings (SSSR count). The van der Waals surface area contributed by atoms with Crippen molar-refractivity contribution in [1.29, 1.82) is 0 Å². The Labute approximate surface area is 91.2 Å². The highest BCUT2D eigenvalue weighted by atomic mass is 16.3. The standard InChI is InChI=1S/C12H20N2O/c1-9-3-5-14(7-11(9)13)8-12-10(2)4-6-15-12/h4,6,9,11H,3,5,7-8,13H2,1-2H3. The van der Waals surface area contributed by atoms with Crippen LogP contribution in [0.2, 0.25) is 0 Å². The molecule has 0 aromatic carbocycles. The zero-order valence-electron chi connectivity index (χ0n) is 9.57. The lowest BCUT2D eigenvalue weighted by Crippen LogP contribution is -2.47. The Bertz CT molecular complexity index is 321. The number of nitrogens with two attached hydrogens (primary N) is 1. The van der Waals surface area contributed by atoms with Gasteiger partial charge in [0.2, 0.25) is 0 Å². The summed E-state index contributed by atoms with van der Waals surface area (Å²) in [5.74, 6) is 1.73. The molecule has 2 unspecified atom stereocenters. The van der Waals surface area contributed by atoms with Crippen molar-refractivity contribution < 1.29 is 4.42 Å². The van der Waals surface area contributed by atoms with Crippen molar-refractivity contribution in [3.8, 4) is 0 Å². The third-order valence-corrected chi connectivity index (χ3v) is 3.44. The summed E-state index contributed by atoms with van der Waals surface area (Å²) in [7, 11) is 0. The summed E-state index contributed by atoms with van der Waals surface area (Å²) < 4.78 is 5.45. The number of nitrogens with zero attached hydrogens (tertiary/aromatic N) is 1. The van der Waals surface area contributed by atoms with Crippen LogP contribution in [0.1, 0.15) is 24.7 Å². The smallest absolute Gasteiger partial charge is 0.120 e. The zero-order valence-corrected chi connectivity index (χ0v) is 9.57. The van der Waals surface area contributed by atoms with Gasteiger partial charge in [0.15, 0.2) is 0 Å². The van der Waals surface area contributed by atoms with Crippen molar-refractivity contribution >= 4 is 0 Å². The maximum atomic E-state index is 6.06. The van der Waals surface area contributed by atoms with Gasteiger partial charge in [0.05, 0.1) is 12.8 Å². The van der Waals surface area contributed by atoms with E-state index < -0.39 is 0 Å². The minimum absolute atomic E-state index is 0.314. The average molecular weight is 208 g/mol. The van der Waals surface area contributed by atoms with Crippen LogP contribution in [0.3, 0.4) is 0 Å². The van der Waals surface area contributed by atoms with Gasteiger partial charge in [-0.2, -0.15) is 0 Å². The molecule has 2 N–H and O–H groups in total. The van der Waals surface area contributed by atoms with Gasteiger partial charge in [-0.05, 0) is 37.4 Å². The number of rotatable bonds is 2.